The highest BCUT2D eigenvalue weighted by molar-refractivity contribution is 9.10. The van der Waals surface area contributed by atoms with Gasteiger partial charge in [0, 0.05) is 10.0 Å². The number of ether oxygens (including phenoxy) is 1. The summed E-state index contributed by atoms with van der Waals surface area (Å²) in [4.78, 5) is 0. The molecule has 0 aliphatic heterocycles. The van der Waals surface area contributed by atoms with Crippen molar-refractivity contribution in [1.29, 1.82) is 0 Å². The first-order valence-corrected chi connectivity index (χ1v) is 6.09. The Morgan fingerprint density at radius 3 is 2.65 bits per heavy atom. The Labute approximate surface area is 108 Å². The predicted octanol–water partition coefficient (Wildman–Crippen LogP) is 4.48. The molecule has 0 saturated carbocycles. The van der Waals surface area contributed by atoms with Crippen LogP contribution in [0, 0.1) is 12.7 Å². The smallest absolute Gasteiger partial charge is 0.167 e. The summed E-state index contributed by atoms with van der Waals surface area (Å²) >= 11 is 3.43. The Morgan fingerprint density at radius 2 is 1.88 bits per heavy atom. The molecule has 0 aliphatic rings. The monoisotopic (exact) mass is 294 g/mol. The van der Waals surface area contributed by atoms with E-state index in [9.17, 15) is 4.39 Å². The fourth-order valence-electron chi connectivity index (χ4n) is 1.50. The van der Waals surface area contributed by atoms with Crippen molar-refractivity contribution in [1.82, 2.24) is 0 Å². The van der Waals surface area contributed by atoms with E-state index < -0.39 is 0 Å². The van der Waals surface area contributed by atoms with Gasteiger partial charge in [-0.05, 0) is 24.6 Å². The maximum Gasteiger partial charge on any atom is 0.167 e. The van der Waals surface area contributed by atoms with Gasteiger partial charge in [0.2, 0.25) is 0 Å². The highest BCUT2D eigenvalue weighted by Gasteiger charge is 2.06. The molecule has 0 radical (unpaired) electrons. The van der Waals surface area contributed by atoms with Crippen molar-refractivity contribution in [2.24, 2.45) is 0 Å². The Balaban J connectivity index is 2.13. The predicted molar refractivity (Wildman–Crippen MR) is 69.6 cm³/mol. The largest absolute Gasteiger partial charge is 0.486 e. The van der Waals surface area contributed by atoms with Gasteiger partial charge in [0.05, 0.1) is 0 Å². The van der Waals surface area contributed by atoms with Crippen molar-refractivity contribution < 1.29 is 9.13 Å². The van der Waals surface area contributed by atoms with Crippen molar-refractivity contribution in [3.05, 3.63) is 63.9 Å². The molecule has 0 heterocycles. The minimum Gasteiger partial charge on any atom is -0.486 e. The van der Waals surface area contributed by atoms with Gasteiger partial charge in [0.1, 0.15) is 6.61 Å². The van der Waals surface area contributed by atoms with Crippen LogP contribution in [-0.4, -0.2) is 0 Å². The molecule has 0 unspecified atom stereocenters. The van der Waals surface area contributed by atoms with Gasteiger partial charge in [-0.3, -0.25) is 0 Å². The molecule has 0 spiro atoms. The van der Waals surface area contributed by atoms with Gasteiger partial charge >= 0.3 is 0 Å². The van der Waals surface area contributed by atoms with E-state index in [1.54, 1.807) is 25.1 Å². The quantitative estimate of drug-likeness (QED) is 0.811. The van der Waals surface area contributed by atoms with Gasteiger partial charge in [0.25, 0.3) is 0 Å². The van der Waals surface area contributed by atoms with E-state index in [0.29, 0.717) is 17.9 Å². The van der Waals surface area contributed by atoms with E-state index in [0.717, 1.165) is 10.0 Å². The molecule has 1 nitrogen and oxygen atoms in total. The second kappa shape index (κ2) is 5.32. The van der Waals surface area contributed by atoms with Crippen molar-refractivity contribution >= 4 is 15.9 Å². The van der Waals surface area contributed by atoms with Crippen LogP contribution < -0.4 is 4.74 Å². The van der Waals surface area contributed by atoms with Crippen LogP contribution in [-0.2, 0) is 6.61 Å². The van der Waals surface area contributed by atoms with Crippen LogP contribution in [0.15, 0.2) is 46.9 Å². The third-order valence-electron chi connectivity index (χ3n) is 2.50. The third kappa shape index (κ3) is 2.86. The van der Waals surface area contributed by atoms with Crippen LogP contribution in [0.5, 0.6) is 5.75 Å². The summed E-state index contributed by atoms with van der Waals surface area (Å²) in [6.45, 7) is 2.07. The van der Waals surface area contributed by atoms with Crippen LogP contribution in [0.3, 0.4) is 0 Å². The average Bonchev–Trinajstić information content (AvgIpc) is 2.33. The lowest BCUT2D eigenvalue weighted by Crippen LogP contribution is -1.99. The molecule has 0 amide bonds. The number of benzene rings is 2. The SMILES string of the molecule is Cc1cccc(OCc2ccccc2Br)c1F. The minimum atomic E-state index is -0.292. The third-order valence-corrected chi connectivity index (χ3v) is 3.27. The summed E-state index contributed by atoms with van der Waals surface area (Å²) in [5.41, 5.74) is 1.59. The lowest BCUT2D eigenvalue weighted by molar-refractivity contribution is 0.289. The molecule has 0 aromatic heterocycles. The molecular weight excluding hydrogens is 283 g/mol. The number of aryl methyl sites for hydroxylation is 1. The van der Waals surface area contributed by atoms with Gasteiger partial charge < -0.3 is 4.74 Å². The zero-order valence-corrected chi connectivity index (χ0v) is 11.0. The van der Waals surface area contributed by atoms with Gasteiger partial charge in [-0.25, -0.2) is 4.39 Å². The summed E-state index contributed by atoms with van der Waals surface area (Å²) in [6, 6.07) is 12.9. The lowest BCUT2D eigenvalue weighted by atomic mass is 10.2. The summed E-state index contributed by atoms with van der Waals surface area (Å²) in [5, 5.41) is 0. The molecular formula is C14H12BrFO. The fourth-order valence-corrected chi connectivity index (χ4v) is 1.90. The molecule has 88 valence electrons. The van der Waals surface area contributed by atoms with Crippen LogP contribution in [0.2, 0.25) is 0 Å². The molecule has 0 fully saturated rings. The first-order valence-electron chi connectivity index (χ1n) is 5.30. The first kappa shape index (κ1) is 12.1. The van der Waals surface area contributed by atoms with E-state index in [1.165, 1.54) is 0 Å². The van der Waals surface area contributed by atoms with Crippen molar-refractivity contribution in [3.63, 3.8) is 0 Å². The number of halogens is 2. The zero-order valence-electron chi connectivity index (χ0n) is 9.41. The number of hydrogen-bond donors (Lipinski definition) is 0. The van der Waals surface area contributed by atoms with Gasteiger partial charge in [-0.2, -0.15) is 0 Å². The number of hydrogen-bond acceptors (Lipinski definition) is 1. The van der Waals surface area contributed by atoms with Crippen LogP contribution in [0.1, 0.15) is 11.1 Å². The molecule has 17 heavy (non-hydrogen) atoms. The summed E-state index contributed by atoms with van der Waals surface area (Å²) in [6.07, 6.45) is 0. The fraction of sp³-hybridized carbons (Fsp3) is 0.143. The summed E-state index contributed by atoms with van der Waals surface area (Å²) in [5.74, 6) is 0.000284. The average molecular weight is 295 g/mol. The normalized spacial score (nSPS) is 10.3. The van der Waals surface area contributed by atoms with Crippen LogP contribution in [0.4, 0.5) is 4.39 Å². The van der Waals surface area contributed by atoms with Crippen LogP contribution in [0.25, 0.3) is 0 Å². The maximum atomic E-state index is 13.7. The van der Waals surface area contributed by atoms with Crippen molar-refractivity contribution in [2.45, 2.75) is 13.5 Å². The minimum absolute atomic E-state index is 0.292. The molecule has 0 bridgehead atoms. The van der Waals surface area contributed by atoms with Crippen LogP contribution >= 0.6 is 15.9 Å². The number of rotatable bonds is 3. The first-order chi connectivity index (χ1) is 8.18. The molecule has 2 aromatic rings. The van der Waals surface area contributed by atoms with E-state index in [-0.39, 0.29) is 5.82 Å². The second-order valence-electron chi connectivity index (χ2n) is 3.77. The maximum absolute atomic E-state index is 13.7. The highest BCUT2D eigenvalue weighted by Crippen LogP contribution is 2.22. The van der Waals surface area contributed by atoms with Gasteiger partial charge in [0.15, 0.2) is 11.6 Å². The topological polar surface area (TPSA) is 9.23 Å². The molecule has 0 N–H and O–H groups in total. The highest BCUT2D eigenvalue weighted by atomic mass is 79.9. The Morgan fingerprint density at radius 1 is 1.12 bits per heavy atom. The molecule has 0 atom stereocenters. The standard InChI is InChI=1S/C14H12BrFO/c1-10-5-4-8-13(14(10)16)17-9-11-6-2-3-7-12(11)15/h2-8H,9H2,1H3. The lowest BCUT2D eigenvalue weighted by Gasteiger charge is -2.09. The van der Waals surface area contributed by atoms with Crippen molar-refractivity contribution in [2.75, 3.05) is 0 Å². The molecule has 0 aliphatic carbocycles. The van der Waals surface area contributed by atoms with E-state index >= 15 is 0 Å². The molecule has 2 rings (SSSR count). The van der Waals surface area contributed by atoms with Gasteiger partial charge in [-0.1, -0.05) is 46.3 Å². The molecule has 3 heteroatoms. The zero-order chi connectivity index (χ0) is 12.3. The molecule has 0 saturated heterocycles. The Kier molecular flexibility index (Phi) is 3.79. The van der Waals surface area contributed by atoms with E-state index in [1.807, 2.05) is 24.3 Å². The van der Waals surface area contributed by atoms with E-state index in [2.05, 4.69) is 15.9 Å². The Bertz CT molecular complexity index is 525. The van der Waals surface area contributed by atoms with Gasteiger partial charge in [-0.15, -0.1) is 0 Å². The Hall–Kier alpha value is -1.35. The van der Waals surface area contributed by atoms with Crippen molar-refractivity contribution in [3.8, 4) is 5.75 Å². The summed E-state index contributed by atoms with van der Waals surface area (Å²) < 4.78 is 20.1. The second-order valence-corrected chi connectivity index (χ2v) is 4.62. The van der Waals surface area contributed by atoms with E-state index in [4.69, 9.17) is 4.74 Å². The molecule has 2 aromatic carbocycles. The summed E-state index contributed by atoms with van der Waals surface area (Å²) in [7, 11) is 0.